The Balaban J connectivity index is 1.58. The average Bonchev–Trinajstić information content (AvgIpc) is 3.20. The van der Waals surface area contributed by atoms with Crippen molar-refractivity contribution in [2.24, 2.45) is 5.73 Å². The molecule has 0 atom stereocenters. The largest absolute Gasteiger partial charge is 0.366 e. The molecule has 0 unspecified atom stereocenters. The fourth-order valence-electron chi connectivity index (χ4n) is 2.66. The number of benzene rings is 2. The molecule has 0 saturated heterocycles. The van der Waals surface area contributed by atoms with Crippen molar-refractivity contribution in [3.8, 4) is 5.69 Å². The lowest BCUT2D eigenvalue weighted by molar-refractivity contribution is -0.113. The van der Waals surface area contributed by atoms with E-state index in [1.54, 1.807) is 28.9 Å². The number of anilines is 1. The number of tetrazole rings is 1. The maximum Gasteiger partial charge on any atom is 0.248 e. The first kappa shape index (κ1) is 20.5. The van der Waals surface area contributed by atoms with Crippen LogP contribution in [0.1, 0.15) is 35.7 Å². The number of amides is 2. The number of unbranched alkanes of at least 4 members (excludes halogenated alkanes) is 1. The van der Waals surface area contributed by atoms with Gasteiger partial charge in [-0.05, 0) is 65.2 Å². The minimum absolute atomic E-state index is 0.145. The van der Waals surface area contributed by atoms with Crippen molar-refractivity contribution in [3.63, 3.8) is 0 Å². The molecule has 0 bridgehead atoms. The number of nitrogens with two attached hydrogens (primary N) is 1. The van der Waals surface area contributed by atoms with Gasteiger partial charge in [0.1, 0.15) is 0 Å². The summed E-state index contributed by atoms with van der Waals surface area (Å²) in [5, 5.41) is 15.1. The SMILES string of the molecule is CCCCc1ccc(-n2nnnc2SCC(=O)Nc2ccc(C(N)=O)cc2)cc1. The van der Waals surface area contributed by atoms with Gasteiger partial charge in [0.2, 0.25) is 17.0 Å². The number of carbonyl (C=O) groups is 2. The molecule has 29 heavy (non-hydrogen) atoms. The lowest BCUT2D eigenvalue weighted by atomic mass is 10.1. The molecule has 0 radical (unpaired) electrons. The van der Waals surface area contributed by atoms with Gasteiger partial charge >= 0.3 is 0 Å². The van der Waals surface area contributed by atoms with Crippen LogP contribution in [0.5, 0.6) is 0 Å². The third-order valence-corrected chi connectivity index (χ3v) is 5.15. The first-order chi connectivity index (χ1) is 14.1. The molecular weight excluding hydrogens is 388 g/mol. The van der Waals surface area contributed by atoms with E-state index in [0.717, 1.165) is 24.9 Å². The number of carbonyl (C=O) groups excluding carboxylic acids is 2. The van der Waals surface area contributed by atoms with Crippen molar-refractivity contribution < 1.29 is 9.59 Å². The smallest absolute Gasteiger partial charge is 0.248 e. The molecule has 2 amide bonds. The molecule has 9 heteroatoms. The summed E-state index contributed by atoms with van der Waals surface area (Å²) in [6, 6.07) is 14.5. The van der Waals surface area contributed by atoms with E-state index in [9.17, 15) is 9.59 Å². The highest BCUT2D eigenvalue weighted by Crippen LogP contribution is 2.19. The van der Waals surface area contributed by atoms with E-state index in [0.29, 0.717) is 16.4 Å². The maximum atomic E-state index is 12.2. The molecule has 0 aliphatic carbocycles. The van der Waals surface area contributed by atoms with Crippen LogP contribution in [0.3, 0.4) is 0 Å². The Bertz CT molecular complexity index is 969. The number of nitrogens with zero attached hydrogens (tertiary/aromatic N) is 4. The maximum absolute atomic E-state index is 12.2. The second-order valence-electron chi connectivity index (χ2n) is 6.42. The first-order valence-electron chi connectivity index (χ1n) is 9.27. The standard InChI is InChI=1S/C20H22N6O2S/c1-2-3-4-14-5-11-17(12-6-14)26-20(23-24-25-26)29-13-18(27)22-16-9-7-15(8-10-16)19(21)28/h5-12H,2-4,13H2,1H3,(H2,21,28)(H,22,27). The van der Waals surface area contributed by atoms with Crippen LogP contribution in [0.25, 0.3) is 5.69 Å². The molecule has 1 aromatic heterocycles. The summed E-state index contributed by atoms with van der Waals surface area (Å²) in [7, 11) is 0. The molecule has 150 valence electrons. The Hall–Kier alpha value is -3.20. The Morgan fingerprint density at radius 1 is 1.10 bits per heavy atom. The number of nitrogens with one attached hydrogen (secondary N) is 1. The van der Waals surface area contributed by atoms with Gasteiger partial charge in [0.15, 0.2) is 0 Å². The van der Waals surface area contributed by atoms with Crippen molar-refractivity contribution in [2.75, 3.05) is 11.1 Å². The number of aryl methyl sites for hydroxylation is 1. The molecule has 0 fully saturated rings. The molecular formula is C20H22N6O2S. The number of thioether (sulfide) groups is 1. The molecule has 0 spiro atoms. The predicted octanol–water partition coefficient (Wildman–Crippen LogP) is 2.83. The highest BCUT2D eigenvalue weighted by atomic mass is 32.2. The van der Waals surface area contributed by atoms with Crippen LogP contribution in [-0.4, -0.2) is 37.8 Å². The molecule has 1 heterocycles. The summed E-state index contributed by atoms with van der Waals surface area (Å²) >= 11 is 1.24. The second-order valence-corrected chi connectivity index (χ2v) is 7.36. The third-order valence-electron chi connectivity index (χ3n) is 4.23. The molecule has 3 rings (SSSR count). The molecule has 3 N–H and O–H groups in total. The van der Waals surface area contributed by atoms with Gasteiger partial charge in [-0.15, -0.1) is 5.10 Å². The number of aromatic nitrogens is 4. The van der Waals surface area contributed by atoms with Gasteiger partial charge in [-0.3, -0.25) is 9.59 Å². The Morgan fingerprint density at radius 2 is 1.83 bits per heavy atom. The van der Waals surface area contributed by atoms with E-state index in [-0.39, 0.29) is 11.7 Å². The lowest BCUT2D eigenvalue weighted by Crippen LogP contribution is -2.15. The zero-order chi connectivity index (χ0) is 20.6. The molecule has 8 nitrogen and oxygen atoms in total. The number of hydrogen-bond donors (Lipinski definition) is 2. The van der Waals surface area contributed by atoms with Gasteiger partial charge in [0, 0.05) is 11.3 Å². The topological polar surface area (TPSA) is 116 Å². The van der Waals surface area contributed by atoms with Crippen LogP contribution >= 0.6 is 11.8 Å². The normalized spacial score (nSPS) is 10.7. The molecule has 3 aromatic rings. The van der Waals surface area contributed by atoms with E-state index in [1.807, 2.05) is 12.1 Å². The van der Waals surface area contributed by atoms with E-state index in [4.69, 9.17) is 5.73 Å². The summed E-state index contributed by atoms with van der Waals surface area (Å²) in [6.45, 7) is 2.17. The fourth-order valence-corrected chi connectivity index (χ4v) is 3.35. The van der Waals surface area contributed by atoms with Gasteiger partial charge in [0.05, 0.1) is 11.4 Å². The van der Waals surface area contributed by atoms with Crippen molar-refractivity contribution in [3.05, 3.63) is 59.7 Å². The Labute approximate surface area is 172 Å². The zero-order valence-electron chi connectivity index (χ0n) is 16.0. The summed E-state index contributed by atoms with van der Waals surface area (Å²) in [4.78, 5) is 23.3. The van der Waals surface area contributed by atoms with Gasteiger partial charge in [-0.2, -0.15) is 4.68 Å². The molecule has 0 aliphatic heterocycles. The summed E-state index contributed by atoms with van der Waals surface area (Å²) < 4.78 is 1.61. The second kappa shape index (κ2) is 9.83. The van der Waals surface area contributed by atoms with Crippen LogP contribution in [0, 0.1) is 0 Å². The summed E-state index contributed by atoms with van der Waals surface area (Å²) in [5.41, 5.74) is 8.31. The minimum Gasteiger partial charge on any atom is -0.366 e. The number of hydrogen-bond acceptors (Lipinski definition) is 6. The van der Waals surface area contributed by atoms with Gasteiger partial charge < -0.3 is 11.1 Å². The quantitative estimate of drug-likeness (QED) is 0.524. The molecule has 2 aromatic carbocycles. The van der Waals surface area contributed by atoms with E-state index < -0.39 is 5.91 Å². The minimum atomic E-state index is -0.510. The fraction of sp³-hybridized carbons (Fsp3) is 0.250. The van der Waals surface area contributed by atoms with Crippen LogP contribution in [-0.2, 0) is 11.2 Å². The van der Waals surface area contributed by atoms with Crippen LogP contribution < -0.4 is 11.1 Å². The van der Waals surface area contributed by atoms with E-state index >= 15 is 0 Å². The average molecular weight is 411 g/mol. The number of rotatable bonds is 9. The Morgan fingerprint density at radius 3 is 2.48 bits per heavy atom. The highest BCUT2D eigenvalue weighted by molar-refractivity contribution is 7.99. The van der Waals surface area contributed by atoms with Gasteiger partial charge in [-0.25, -0.2) is 0 Å². The van der Waals surface area contributed by atoms with Crippen LogP contribution in [0.2, 0.25) is 0 Å². The highest BCUT2D eigenvalue weighted by Gasteiger charge is 2.12. The first-order valence-corrected chi connectivity index (χ1v) is 10.3. The third kappa shape index (κ3) is 5.64. The van der Waals surface area contributed by atoms with Crippen LogP contribution in [0.15, 0.2) is 53.7 Å². The number of primary amides is 1. The van der Waals surface area contributed by atoms with Crippen molar-refractivity contribution in [1.82, 2.24) is 20.2 Å². The van der Waals surface area contributed by atoms with Crippen molar-refractivity contribution in [2.45, 2.75) is 31.3 Å². The van der Waals surface area contributed by atoms with Gasteiger partial charge in [-0.1, -0.05) is 37.2 Å². The molecule has 0 saturated carbocycles. The van der Waals surface area contributed by atoms with Crippen LogP contribution in [0.4, 0.5) is 5.69 Å². The molecule has 0 aliphatic rings. The van der Waals surface area contributed by atoms with Crippen molar-refractivity contribution >= 4 is 29.3 Å². The van der Waals surface area contributed by atoms with Gasteiger partial charge in [0.25, 0.3) is 0 Å². The predicted molar refractivity (Wildman–Crippen MR) is 112 cm³/mol. The van der Waals surface area contributed by atoms with E-state index in [2.05, 4.69) is 39.9 Å². The Kier molecular flexibility index (Phi) is 6.96. The van der Waals surface area contributed by atoms with Crippen molar-refractivity contribution in [1.29, 1.82) is 0 Å². The zero-order valence-corrected chi connectivity index (χ0v) is 16.9. The summed E-state index contributed by atoms with van der Waals surface area (Å²) in [6.07, 6.45) is 3.37. The lowest BCUT2D eigenvalue weighted by Gasteiger charge is -2.07. The monoisotopic (exact) mass is 410 g/mol. The summed E-state index contributed by atoms with van der Waals surface area (Å²) in [5.74, 6) is -0.568. The van der Waals surface area contributed by atoms with E-state index in [1.165, 1.54) is 17.3 Å².